The van der Waals surface area contributed by atoms with Crippen molar-refractivity contribution in [1.82, 2.24) is 0 Å². The van der Waals surface area contributed by atoms with E-state index in [0.717, 1.165) is 60.0 Å². The molecular formula is C52H66BBrF2O6. The molecule has 0 atom stereocenters. The van der Waals surface area contributed by atoms with Gasteiger partial charge in [0.25, 0.3) is 0 Å². The van der Waals surface area contributed by atoms with E-state index in [2.05, 4.69) is 109 Å². The molecule has 62 heavy (non-hydrogen) atoms. The first-order chi connectivity index (χ1) is 29.1. The average Bonchev–Trinajstić information content (AvgIpc) is 3.45. The maximum absolute atomic E-state index is 14.3. The quantitative estimate of drug-likeness (QED) is 0.130. The number of hydrogen-bond donors (Lipinski definition) is 0. The summed E-state index contributed by atoms with van der Waals surface area (Å²) in [4.78, 5) is 21.0. The van der Waals surface area contributed by atoms with E-state index >= 15 is 0 Å². The smallest absolute Gasteiger partial charge is 0.490 e. The van der Waals surface area contributed by atoms with E-state index in [0.29, 0.717) is 39.5 Å². The monoisotopic (exact) mass is 914 g/mol. The zero-order valence-corrected chi connectivity index (χ0v) is 40.0. The molecule has 0 unspecified atom stereocenters. The summed E-state index contributed by atoms with van der Waals surface area (Å²) >= 11 is 2.95. The highest BCUT2D eigenvalue weighted by molar-refractivity contribution is 9.10. The third-order valence-electron chi connectivity index (χ3n) is 13.2. The molecule has 3 aliphatic rings. The Morgan fingerprint density at radius 3 is 1.40 bits per heavy atom. The maximum atomic E-state index is 14.3. The van der Waals surface area contributed by atoms with Crippen molar-refractivity contribution in [2.24, 2.45) is 22.7 Å². The third-order valence-corrected chi connectivity index (χ3v) is 13.9. The lowest BCUT2D eigenvalue weighted by atomic mass is 9.72. The van der Waals surface area contributed by atoms with Gasteiger partial charge in [0.05, 0.1) is 39.0 Å². The molecule has 4 aromatic carbocycles. The van der Waals surface area contributed by atoms with Crippen LogP contribution in [-0.2, 0) is 9.31 Å². The number of hydrogen-bond acceptors (Lipinski definition) is 6. The molecule has 1 heterocycles. The van der Waals surface area contributed by atoms with E-state index in [-0.39, 0.29) is 35.6 Å². The number of halogens is 3. The Hall–Kier alpha value is -3.86. The van der Waals surface area contributed by atoms with Crippen molar-refractivity contribution in [2.75, 3.05) is 0 Å². The van der Waals surface area contributed by atoms with Crippen LogP contribution in [0.1, 0.15) is 141 Å². The summed E-state index contributed by atoms with van der Waals surface area (Å²) in [7, 11) is -0.309. The zero-order valence-electron chi connectivity index (χ0n) is 38.4. The molecule has 7 rings (SSSR count). The van der Waals surface area contributed by atoms with E-state index in [1.165, 1.54) is 37.8 Å². The van der Waals surface area contributed by atoms with Gasteiger partial charge in [-0.2, -0.15) is 0 Å². The Balaban J connectivity index is 0.000000192. The molecule has 334 valence electrons. The first-order valence-electron chi connectivity index (χ1n) is 22.1. The van der Waals surface area contributed by atoms with E-state index in [4.69, 9.17) is 18.8 Å². The van der Waals surface area contributed by atoms with Gasteiger partial charge in [-0.15, -0.1) is 0 Å². The minimum Gasteiger partial charge on any atom is -0.490 e. The van der Waals surface area contributed by atoms with Crippen LogP contribution in [0.4, 0.5) is 8.78 Å². The molecule has 0 N–H and O–H groups in total. The second kappa shape index (κ2) is 20.8. The van der Waals surface area contributed by atoms with Crippen LogP contribution in [-0.4, -0.2) is 43.1 Å². The second-order valence-corrected chi connectivity index (χ2v) is 21.0. The normalized spacial score (nSPS) is 22.0. The van der Waals surface area contributed by atoms with Gasteiger partial charge >= 0.3 is 7.12 Å². The molecule has 10 heteroatoms. The molecule has 6 nitrogen and oxygen atoms in total. The summed E-state index contributed by atoms with van der Waals surface area (Å²) in [6, 6.07) is 25.2. The van der Waals surface area contributed by atoms with Gasteiger partial charge in [-0.25, -0.2) is 8.78 Å². The van der Waals surface area contributed by atoms with Crippen molar-refractivity contribution in [3.8, 4) is 22.6 Å². The molecule has 3 fully saturated rings. The second-order valence-electron chi connectivity index (χ2n) is 20.2. The number of ether oxygens (including phenoxy) is 2. The Morgan fingerprint density at radius 1 is 0.597 bits per heavy atom. The van der Waals surface area contributed by atoms with E-state index in [1.54, 1.807) is 24.3 Å². The summed E-state index contributed by atoms with van der Waals surface area (Å²) in [6.07, 6.45) is 11.0. The van der Waals surface area contributed by atoms with Crippen molar-refractivity contribution in [2.45, 2.75) is 144 Å². The molecule has 1 aliphatic heterocycles. The lowest BCUT2D eigenvalue weighted by Gasteiger charge is -2.37. The topological polar surface area (TPSA) is 71.1 Å². The minimum absolute atomic E-state index is 0.0781. The number of carbonyl (C=O) groups is 2. The van der Waals surface area contributed by atoms with Gasteiger partial charge in [-0.3, -0.25) is 9.59 Å². The van der Waals surface area contributed by atoms with Crippen LogP contribution < -0.4 is 14.9 Å². The first kappa shape index (κ1) is 49.2. The molecule has 0 bridgehead atoms. The van der Waals surface area contributed by atoms with Gasteiger partial charge in [0.2, 0.25) is 0 Å². The fourth-order valence-electron chi connectivity index (χ4n) is 8.35. The lowest BCUT2D eigenvalue weighted by molar-refractivity contribution is 0.00578. The highest BCUT2D eigenvalue weighted by atomic mass is 79.9. The molecule has 0 spiro atoms. The number of rotatable bonds is 8. The average molecular weight is 916 g/mol. The summed E-state index contributed by atoms with van der Waals surface area (Å²) in [5.74, 6) is 2.37. The highest BCUT2D eigenvalue weighted by Crippen LogP contribution is 2.41. The van der Waals surface area contributed by atoms with Crippen LogP contribution in [0.15, 0.2) is 89.4 Å². The lowest BCUT2D eigenvalue weighted by Crippen LogP contribution is -2.41. The first-order valence-corrected chi connectivity index (χ1v) is 22.9. The van der Waals surface area contributed by atoms with E-state index < -0.39 is 11.6 Å². The van der Waals surface area contributed by atoms with E-state index in [9.17, 15) is 18.4 Å². The fraction of sp³-hybridized carbons (Fsp3) is 0.500. The van der Waals surface area contributed by atoms with E-state index in [1.807, 2.05) is 24.3 Å². The summed E-state index contributed by atoms with van der Waals surface area (Å²) < 4.78 is 52.0. The molecule has 0 radical (unpaired) electrons. The van der Waals surface area contributed by atoms with Gasteiger partial charge < -0.3 is 18.8 Å². The number of carbonyl (C=O) groups excluding carboxylic acids is 2. The van der Waals surface area contributed by atoms with Gasteiger partial charge in [-0.05, 0) is 171 Å². The Kier molecular flexibility index (Phi) is 16.5. The predicted octanol–water partition coefficient (Wildman–Crippen LogP) is 13.7. The molecule has 0 aromatic heterocycles. The summed E-state index contributed by atoms with van der Waals surface area (Å²) in [6.45, 7) is 22.3. The van der Waals surface area contributed by atoms with Crippen molar-refractivity contribution in [3.05, 3.63) is 112 Å². The summed E-state index contributed by atoms with van der Waals surface area (Å²) in [5, 5.41) is 0. The van der Waals surface area contributed by atoms with Gasteiger partial charge in [0, 0.05) is 5.56 Å². The maximum Gasteiger partial charge on any atom is 0.494 e. The van der Waals surface area contributed by atoms with Gasteiger partial charge in [0.1, 0.15) is 23.1 Å². The Labute approximate surface area is 378 Å². The van der Waals surface area contributed by atoms with Crippen molar-refractivity contribution >= 4 is 41.1 Å². The minimum atomic E-state index is -0.502. The van der Waals surface area contributed by atoms with Crippen LogP contribution in [0.25, 0.3) is 11.1 Å². The molecule has 1 saturated heterocycles. The number of benzene rings is 4. The van der Waals surface area contributed by atoms with Crippen LogP contribution in [0, 0.1) is 34.3 Å². The molecular weight excluding hydrogens is 849 g/mol. The molecule has 0 amide bonds. The molecule has 2 aliphatic carbocycles. The highest BCUT2D eigenvalue weighted by Gasteiger charge is 2.51. The van der Waals surface area contributed by atoms with Crippen molar-refractivity contribution < 1.29 is 37.2 Å². The van der Waals surface area contributed by atoms with Crippen LogP contribution in [0.3, 0.4) is 0 Å². The predicted molar refractivity (Wildman–Crippen MR) is 251 cm³/mol. The Morgan fingerprint density at radius 2 is 1.00 bits per heavy atom. The van der Waals surface area contributed by atoms with Crippen LogP contribution >= 0.6 is 15.9 Å². The fourth-order valence-corrected chi connectivity index (χ4v) is 8.73. The van der Waals surface area contributed by atoms with Crippen LogP contribution in [0.2, 0.25) is 0 Å². The van der Waals surface area contributed by atoms with Crippen molar-refractivity contribution in [1.29, 1.82) is 0 Å². The van der Waals surface area contributed by atoms with Crippen molar-refractivity contribution in [3.63, 3.8) is 0 Å². The third kappa shape index (κ3) is 12.9. The standard InChI is InChI=1S/C23H27FO2.C22H35BO3.C7H4BrFO/c1-23(2,3)18-9-13-20(14-10-18)26-19-11-7-16(8-12-19)21-6-4-5-17(15-25)22(21)24;1-20(2,3)16-8-12-18(13-9-16)24-19-14-10-17(11-15-19)23-25-21(4,5)22(6,7)26-23;8-6-3-1-2-5(4-10)7(6)9/h4-8,11-12,15,18,20H,9-10,13-14H2,1-3H3;10-11,14-16,18H,8-9,12-13H2,1-7H3;1-4H. The number of aldehydes is 2. The van der Waals surface area contributed by atoms with Gasteiger partial charge in [0.15, 0.2) is 12.6 Å². The molecule has 2 saturated carbocycles. The largest absolute Gasteiger partial charge is 0.494 e. The zero-order chi connectivity index (χ0) is 45.5. The van der Waals surface area contributed by atoms with Gasteiger partial charge in [-0.1, -0.05) is 84.0 Å². The Bertz CT molecular complexity index is 2060. The van der Waals surface area contributed by atoms with Crippen LogP contribution in [0.5, 0.6) is 11.5 Å². The molecule has 4 aromatic rings. The SMILES string of the molecule is CC(C)(C)C1CCC(Oc2ccc(-c3cccc(C=O)c3F)cc2)CC1.CC(C)(C)C1CCC(Oc2ccc(B3OC(C)(C)C(C)(C)O3)cc2)CC1.O=Cc1cccc(Br)c1F. The summed E-state index contributed by atoms with van der Waals surface area (Å²) in [5.41, 5.74) is 2.56.